The van der Waals surface area contributed by atoms with Gasteiger partial charge in [-0.3, -0.25) is 9.69 Å². The Morgan fingerprint density at radius 3 is 2.65 bits per heavy atom. The fraction of sp³-hybridized carbons (Fsp3) is 0.400. The topological polar surface area (TPSA) is 69.2 Å². The van der Waals surface area contributed by atoms with E-state index in [1.165, 1.54) is 5.56 Å². The molecule has 26 heavy (non-hydrogen) atoms. The molecule has 1 saturated carbocycles. The molecule has 3 aromatic rings. The van der Waals surface area contributed by atoms with Crippen molar-refractivity contribution in [3.63, 3.8) is 0 Å². The van der Waals surface area contributed by atoms with Gasteiger partial charge >= 0.3 is 0 Å². The molecule has 2 heterocycles. The van der Waals surface area contributed by atoms with Crippen molar-refractivity contribution >= 4 is 21.6 Å². The summed E-state index contributed by atoms with van der Waals surface area (Å²) in [5, 5.41) is 9.95. The minimum Gasteiger partial charge on any atom is -0.395 e. The number of aryl methyl sites for hydroxylation is 2. The molecule has 0 amide bonds. The molecule has 1 fully saturated rings. The largest absolute Gasteiger partial charge is 0.395 e. The number of fused-ring (bicyclic) bond motifs is 1. The fourth-order valence-corrected chi connectivity index (χ4v) is 4.52. The van der Waals surface area contributed by atoms with Gasteiger partial charge in [-0.25, -0.2) is 4.98 Å². The van der Waals surface area contributed by atoms with Crippen LogP contribution in [0.4, 0.5) is 0 Å². The van der Waals surface area contributed by atoms with Gasteiger partial charge in [-0.2, -0.15) is 0 Å². The molecule has 1 aliphatic rings. The van der Waals surface area contributed by atoms with E-state index in [9.17, 15) is 9.90 Å². The van der Waals surface area contributed by atoms with Crippen LogP contribution in [-0.4, -0.2) is 39.2 Å². The first kappa shape index (κ1) is 17.4. The van der Waals surface area contributed by atoms with E-state index in [0.717, 1.165) is 33.7 Å². The smallest absolute Gasteiger partial charge is 0.260 e. The monoisotopic (exact) mass is 369 g/mol. The van der Waals surface area contributed by atoms with Crippen LogP contribution in [0.2, 0.25) is 0 Å². The predicted octanol–water partition coefficient (Wildman–Crippen LogP) is 3.23. The Bertz CT molecular complexity index is 987. The van der Waals surface area contributed by atoms with Crippen molar-refractivity contribution in [2.75, 3.05) is 13.2 Å². The standard InChI is InChI=1S/C20H23N3O2S/c1-12-3-5-14(6-4-12)17-13(2)26-20-18(17)19(25)21-16(22-20)11-23(9-10-24)15-7-8-15/h3-6,15,24H,7-11H2,1-2H3,(H,21,22,25). The van der Waals surface area contributed by atoms with Gasteiger partial charge in [0.05, 0.1) is 18.5 Å². The summed E-state index contributed by atoms with van der Waals surface area (Å²) in [4.78, 5) is 24.6. The molecule has 6 heteroatoms. The van der Waals surface area contributed by atoms with Crippen LogP contribution >= 0.6 is 11.3 Å². The van der Waals surface area contributed by atoms with Crippen molar-refractivity contribution in [1.82, 2.24) is 14.9 Å². The summed E-state index contributed by atoms with van der Waals surface area (Å²) in [6.45, 7) is 5.42. The highest BCUT2D eigenvalue weighted by atomic mass is 32.1. The Balaban J connectivity index is 1.74. The van der Waals surface area contributed by atoms with Crippen molar-refractivity contribution in [2.24, 2.45) is 0 Å². The van der Waals surface area contributed by atoms with Gasteiger partial charge in [-0.05, 0) is 32.3 Å². The van der Waals surface area contributed by atoms with Crippen LogP contribution < -0.4 is 5.56 Å². The van der Waals surface area contributed by atoms with Crippen molar-refractivity contribution < 1.29 is 5.11 Å². The third kappa shape index (κ3) is 3.32. The number of benzene rings is 1. The lowest BCUT2D eigenvalue weighted by Crippen LogP contribution is -2.30. The molecular formula is C20H23N3O2S. The Kier molecular flexibility index (Phi) is 4.65. The van der Waals surface area contributed by atoms with Crippen LogP contribution in [0.3, 0.4) is 0 Å². The minimum atomic E-state index is -0.0790. The van der Waals surface area contributed by atoms with Crippen LogP contribution in [-0.2, 0) is 6.54 Å². The van der Waals surface area contributed by atoms with Gasteiger partial charge in [0.25, 0.3) is 5.56 Å². The molecule has 2 N–H and O–H groups in total. The molecule has 2 aromatic heterocycles. The molecule has 1 aromatic carbocycles. The molecule has 5 nitrogen and oxygen atoms in total. The molecular weight excluding hydrogens is 346 g/mol. The van der Waals surface area contributed by atoms with E-state index in [2.05, 4.69) is 41.1 Å². The Morgan fingerprint density at radius 2 is 2.00 bits per heavy atom. The first-order chi connectivity index (χ1) is 12.6. The van der Waals surface area contributed by atoms with E-state index in [0.29, 0.717) is 30.3 Å². The Labute approximate surface area is 156 Å². The first-order valence-corrected chi connectivity index (χ1v) is 9.82. The van der Waals surface area contributed by atoms with Crippen LogP contribution in [0, 0.1) is 13.8 Å². The highest BCUT2D eigenvalue weighted by Gasteiger charge is 2.29. The number of aromatic amines is 1. The van der Waals surface area contributed by atoms with Crippen LogP contribution in [0.15, 0.2) is 29.1 Å². The molecule has 0 radical (unpaired) electrons. The summed E-state index contributed by atoms with van der Waals surface area (Å²) in [5.74, 6) is 0.680. The molecule has 136 valence electrons. The number of hydrogen-bond donors (Lipinski definition) is 2. The van der Waals surface area contributed by atoms with Gasteiger partial charge in [0, 0.05) is 23.0 Å². The zero-order valence-corrected chi connectivity index (χ0v) is 15.9. The average Bonchev–Trinajstić information content (AvgIpc) is 3.39. The molecule has 0 unspecified atom stereocenters. The maximum atomic E-state index is 12.8. The van der Waals surface area contributed by atoms with Gasteiger partial charge in [-0.1, -0.05) is 29.8 Å². The molecule has 0 spiro atoms. The first-order valence-electron chi connectivity index (χ1n) is 9.01. The second kappa shape index (κ2) is 6.95. The third-order valence-electron chi connectivity index (χ3n) is 4.93. The van der Waals surface area contributed by atoms with E-state index in [4.69, 9.17) is 4.98 Å². The minimum absolute atomic E-state index is 0.0790. The summed E-state index contributed by atoms with van der Waals surface area (Å²) in [7, 11) is 0. The third-order valence-corrected chi connectivity index (χ3v) is 5.93. The van der Waals surface area contributed by atoms with Gasteiger partial charge in [0.1, 0.15) is 10.7 Å². The van der Waals surface area contributed by atoms with Gasteiger partial charge in [-0.15, -0.1) is 11.3 Å². The van der Waals surface area contributed by atoms with Gasteiger partial charge in [0.2, 0.25) is 0 Å². The second-order valence-corrected chi connectivity index (χ2v) is 8.22. The molecule has 0 bridgehead atoms. The second-order valence-electron chi connectivity index (χ2n) is 7.02. The highest BCUT2D eigenvalue weighted by molar-refractivity contribution is 7.19. The highest BCUT2D eigenvalue weighted by Crippen LogP contribution is 2.35. The molecule has 0 saturated heterocycles. The lowest BCUT2D eigenvalue weighted by molar-refractivity contribution is 0.180. The molecule has 1 aliphatic carbocycles. The summed E-state index contributed by atoms with van der Waals surface area (Å²) >= 11 is 1.57. The summed E-state index contributed by atoms with van der Waals surface area (Å²) < 4.78 is 0. The number of hydrogen-bond acceptors (Lipinski definition) is 5. The van der Waals surface area contributed by atoms with Gasteiger partial charge < -0.3 is 10.1 Å². The van der Waals surface area contributed by atoms with Crippen molar-refractivity contribution in [1.29, 1.82) is 0 Å². The molecule has 0 atom stereocenters. The van der Waals surface area contributed by atoms with Crippen molar-refractivity contribution in [2.45, 2.75) is 39.3 Å². The van der Waals surface area contributed by atoms with Gasteiger partial charge in [0.15, 0.2) is 0 Å². The number of nitrogens with zero attached hydrogens (tertiary/aromatic N) is 2. The fourth-order valence-electron chi connectivity index (χ4n) is 3.46. The maximum Gasteiger partial charge on any atom is 0.260 e. The van der Waals surface area contributed by atoms with Crippen LogP contribution in [0.1, 0.15) is 29.1 Å². The zero-order valence-electron chi connectivity index (χ0n) is 15.1. The number of nitrogens with one attached hydrogen (secondary N) is 1. The van der Waals surface area contributed by atoms with Crippen molar-refractivity contribution in [3.8, 4) is 11.1 Å². The molecule has 0 aliphatic heterocycles. The Morgan fingerprint density at radius 1 is 1.27 bits per heavy atom. The maximum absolute atomic E-state index is 12.8. The number of aliphatic hydroxyl groups excluding tert-OH is 1. The van der Waals surface area contributed by atoms with E-state index >= 15 is 0 Å². The summed E-state index contributed by atoms with van der Waals surface area (Å²) in [6.07, 6.45) is 2.31. The number of rotatable bonds is 6. The van der Waals surface area contributed by atoms with E-state index in [1.54, 1.807) is 11.3 Å². The van der Waals surface area contributed by atoms with E-state index in [-0.39, 0.29) is 12.2 Å². The number of aromatic nitrogens is 2. The van der Waals surface area contributed by atoms with Crippen LogP contribution in [0.5, 0.6) is 0 Å². The van der Waals surface area contributed by atoms with Crippen LogP contribution in [0.25, 0.3) is 21.3 Å². The lowest BCUT2D eigenvalue weighted by atomic mass is 10.0. The van der Waals surface area contributed by atoms with E-state index in [1.807, 2.05) is 6.92 Å². The summed E-state index contributed by atoms with van der Waals surface area (Å²) in [5.41, 5.74) is 3.16. The summed E-state index contributed by atoms with van der Waals surface area (Å²) in [6, 6.07) is 8.77. The normalized spacial score (nSPS) is 14.5. The molecule has 4 rings (SSSR count). The lowest BCUT2D eigenvalue weighted by Gasteiger charge is -2.19. The number of H-pyrrole nitrogens is 1. The SMILES string of the molecule is Cc1ccc(-c2c(C)sc3nc(CN(CCO)C4CC4)[nH]c(=O)c23)cc1. The average molecular weight is 369 g/mol. The van der Waals surface area contributed by atoms with E-state index < -0.39 is 0 Å². The van der Waals surface area contributed by atoms with Crippen molar-refractivity contribution in [3.05, 3.63) is 50.9 Å². The zero-order chi connectivity index (χ0) is 18.3. The predicted molar refractivity (Wildman–Crippen MR) is 106 cm³/mol. The quantitative estimate of drug-likeness (QED) is 0.700. The number of thiophene rings is 1. The number of aliphatic hydroxyl groups is 1. The Hall–Kier alpha value is -2.02.